The summed E-state index contributed by atoms with van der Waals surface area (Å²) < 4.78 is 5.17. The number of terminal acetylenes is 1. The fourth-order valence-corrected chi connectivity index (χ4v) is 3.48. The van der Waals surface area contributed by atoms with Crippen molar-refractivity contribution in [3.8, 4) is 12.5 Å². The average Bonchev–Trinajstić information content (AvgIpc) is 2.80. The van der Waals surface area contributed by atoms with Crippen LogP contribution in [-0.2, 0) is 14.3 Å². The van der Waals surface area contributed by atoms with Gasteiger partial charge in [-0.3, -0.25) is 14.5 Å². The van der Waals surface area contributed by atoms with Crippen molar-refractivity contribution in [1.82, 2.24) is 10.2 Å². The first-order valence-corrected chi connectivity index (χ1v) is 11.2. The SMILES string of the molecule is C#CN(C(=O)CNC(=O)OC(C)(C)C)C(C(=O)Nc1ccc2ccccc2c1)c1ccc(C)cc1. The molecule has 0 aliphatic carbocycles. The summed E-state index contributed by atoms with van der Waals surface area (Å²) in [7, 11) is 0. The fourth-order valence-electron chi connectivity index (χ4n) is 3.48. The van der Waals surface area contributed by atoms with E-state index in [4.69, 9.17) is 11.2 Å². The molecule has 0 bridgehead atoms. The average molecular weight is 472 g/mol. The molecule has 0 saturated carbocycles. The predicted molar refractivity (Wildman–Crippen MR) is 136 cm³/mol. The highest BCUT2D eigenvalue weighted by molar-refractivity contribution is 6.00. The number of carbonyl (C=O) groups excluding carboxylic acids is 3. The van der Waals surface area contributed by atoms with Crippen molar-refractivity contribution in [3.63, 3.8) is 0 Å². The van der Waals surface area contributed by atoms with E-state index in [1.165, 1.54) is 0 Å². The molecular weight excluding hydrogens is 442 g/mol. The van der Waals surface area contributed by atoms with Crippen LogP contribution < -0.4 is 10.6 Å². The Bertz CT molecular complexity index is 1270. The molecule has 0 fully saturated rings. The molecule has 7 nitrogen and oxygen atoms in total. The number of benzene rings is 3. The number of nitrogens with one attached hydrogen (secondary N) is 2. The molecule has 1 atom stereocenters. The molecule has 7 heteroatoms. The van der Waals surface area contributed by atoms with E-state index in [-0.39, 0.29) is 0 Å². The number of ether oxygens (including phenoxy) is 1. The first kappa shape index (κ1) is 25.3. The van der Waals surface area contributed by atoms with Crippen LogP contribution in [0.4, 0.5) is 10.5 Å². The van der Waals surface area contributed by atoms with Crippen molar-refractivity contribution < 1.29 is 19.1 Å². The van der Waals surface area contributed by atoms with Gasteiger partial charge in [-0.1, -0.05) is 66.6 Å². The van der Waals surface area contributed by atoms with Crippen LogP contribution in [0.15, 0.2) is 66.7 Å². The zero-order valence-corrected chi connectivity index (χ0v) is 20.3. The number of carbonyl (C=O) groups is 3. The van der Waals surface area contributed by atoms with E-state index in [0.29, 0.717) is 11.3 Å². The third-order valence-electron chi connectivity index (χ3n) is 5.11. The molecule has 0 spiro atoms. The first-order chi connectivity index (χ1) is 16.6. The maximum Gasteiger partial charge on any atom is 0.408 e. The summed E-state index contributed by atoms with van der Waals surface area (Å²) in [5, 5.41) is 7.27. The molecule has 3 rings (SSSR count). The summed E-state index contributed by atoms with van der Waals surface area (Å²) in [6.45, 7) is 6.64. The standard InChI is InChI=1S/C28H29N3O4/c1-6-31(24(32)18-29-27(34)35-28(3,4)5)25(21-13-11-19(2)12-14-21)26(33)30-23-16-15-20-9-7-8-10-22(20)17-23/h1,7-17,25H,18H2,2-5H3,(H,29,34)(H,30,33). The summed E-state index contributed by atoms with van der Waals surface area (Å²) in [6, 6.07) is 21.7. The smallest absolute Gasteiger partial charge is 0.408 e. The molecule has 1 unspecified atom stereocenters. The van der Waals surface area contributed by atoms with Gasteiger partial charge in [0.1, 0.15) is 18.2 Å². The van der Waals surface area contributed by atoms with E-state index in [1.54, 1.807) is 39.0 Å². The molecule has 180 valence electrons. The van der Waals surface area contributed by atoms with Gasteiger partial charge in [-0.15, -0.1) is 0 Å². The van der Waals surface area contributed by atoms with E-state index >= 15 is 0 Å². The number of amides is 3. The molecule has 35 heavy (non-hydrogen) atoms. The lowest BCUT2D eigenvalue weighted by Crippen LogP contribution is -2.44. The normalized spacial score (nSPS) is 11.7. The monoisotopic (exact) mass is 471 g/mol. The van der Waals surface area contributed by atoms with E-state index < -0.39 is 36.1 Å². The van der Waals surface area contributed by atoms with Gasteiger partial charge < -0.3 is 15.4 Å². The van der Waals surface area contributed by atoms with Gasteiger partial charge in [-0.2, -0.15) is 0 Å². The number of anilines is 1. The van der Waals surface area contributed by atoms with Crippen LogP contribution in [0.3, 0.4) is 0 Å². The Morgan fingerprint density at radius 3 is 2.29 bits per heavy atom. The molecule has 0 aliphatic heterocycles. The van der Waals surface area contributed by atoms with Crippen molar-refractivity contribution in [2.24, 2.45) is 0 Å². The zero-order valence-electron chi connectivity index (χ0n) is 20.3. The highest BCUT2D eigenvalue weighted by atomic mass is 16.6. The molecule has 3 aromatic carbocycles. The van der Waals surface area contributed by atoms with Gasteiger partial charge in [-0.05, 0) is 56.2 Å². The van der Waals surface area contributed by atoms with Crippen LogP contribution >= 0.6 is 0 Å². The Kier molecular flexibility index (Phi) is 7.77. The zero-order chi connectivity index (χ0) is 25.6. The quantitative estimate of drug-likeness (QED) is 0.400. The Hall–Kier alpha value is -4.31. The second kappa shape index (κ2) is 10.7. The molecule has 0 aliphatic rings. The van der Waals surface area contributed by atoms with Crippen molar-refractivity contribution in [3.05, 3.63) is 77.9 Å². The minimum absolute atomic E-state index is 0.426. The lowest BCUT2D eigenvalue weighted by atomic mass is 10.0. The van der Waals surface area contributed by atoms with Crippen LogP contribution in [-0.4, -0.2) is 35.0 Å². The van der Waals surface area contributed by atoms with Crippen LogP contribution in [0.2, 0.25) is 0 Å². The molecule has 2 N–H and O–H groups in total. The highest BCUT2D eigenvalue weighted by Crippen LogP contribution is 2.25. The van der Waals surface area contributed by atoms with Crippen molar-refractivity contribution in [1.29, 1.82) is 0 Å². The molecule has 0 heterocycles. The molecule has 0 radical (unpaired) electrons. The number of nitrogens with zero attached hydrogens (tertiary/aromatic N) is 1. The van der Waals surface area contributed by atoms with Crippen molar-refractivity contribution in [2.45, 2.75) is 39.3 Å². The number of rotatable bonds is 6. The Morgan fingerprint density at radius 2 is 1.66 bits per heavy atom. The van der Waals surface area contributed by atoms with Crippen LogP contribution in [0.25, 0.3) is 10.8 Å². The minimum atomic E-state index is -1.11. The van der Waals surface area contributed by atoms with Gasteiger partial charge in [0, 0.05) is 11.7 Å². The molecule has 0 aromatic heterocycles. The van der Waals surface area contributed by atoms with Gasteiger partial charge in [-0.25, -0.2) is 4.79 Å². The van der Waals surface area contributed by atoms with Crippen molar-refractivity contribution in [2.75, 3.05) is 11.9 Å². The van der Waals surface area contributed by atoms with Gasteiger partial charge in [0.15, 0.2) is 0 Å². The van der Waals surface area contributed by atoms with E-state index in [2.05, 4.69) is 16.7 Å². The number of aryl methyl sites for hydroxylation is 1. The van der Waals surface area contributed by atoms with E-state index in [1.807, 2.05) is 55.5 Å². The molecule has 0 saturated heterocycles. The number of hydrogen-bond donors (Lipinski definition) is 2. The molecule has 3 aromatic rings. The predicted octanol–water partition coefficient (Wildman–Crippen LogP) is 4.77. The lowest BCUT2D eigenvalue weighted by molar-refractivity contribution is -0.134. The lowest BCUT2D eigenvalue weighted by Gasteiger charge is -2.27. The molecular formula is C28H29N3O4. The second-order valence-electron chi connectivity index (χ2n) is 9.11. The maximum absolute atomic E-state index is 13.5. The Labute approximate surface area is 205 Å². The second-order valence-corrected chi connectivity index (χ2v) is 9.11. The maximum atomic E-state index is 13.5. The van der Waals surface area contributed by atoms with Crippen LogP contribution in [0.5, 0.6) is 0 Å². The fraction of sp³-hybridized carbons (Fsp3) is 0.250. The summed E-state index contributed by atoms with van der Waals surface area (Å²) in [5.74, 6) is -1.11. The summed E-state index contributed by atoms with van der Waals surface area (Å²) in [5.41, 5.74) is 1.38. The first-order valence-electron chi connectivity index (χ1n) is 11.2. The van der Waals surface area contributed by atoms with Gasteiger partial charge in [0.25, 0.3) is 11.8 Å². The minimum Gasteiger partial charge on any atom is -0.444 e. The van der Waals surface area contributed by atoms with Crippen LogP contribution in [0.1, 0.15) is 37.9 Å². The van der Waals surface area contributed by atoms with Crippen molar-refractivity contribution >= 4 is 34.4 Å². The third-order valence-corrected chi connectivity index (χ3v) is 5.11. The summed E-state index contributed by atoms with van der Waals surface area (Å²) in [4.78, 5) is 39.4. The third kappa shape index (κ3) is 6.84. The Balaban J connectivity index is 1.85. The number of alkyl carbamates (subject to hydrolysis) is 1. The van der Waals surface area contributed by atoms with E-state index in [9.17, 15) is 14.4 Å². The summed E-state index contributed by atoms with van der Waals surface area (Å²) >= 11 is 0. The van der Waals surface area contributed by atoms with Gasteiger partial charge >= 0.3 is 6.09 Å². The van der Waals surface area contributed by atoms with Gasteiger partial charge in [0.05, 0.1) is 0 Å². The van der Waals surface area contributed by atoms with Gasteiger partial charge in [0.2, 0.25) is 0 Å². The van der Waals surface area contributed by atoms with E-state index in [0.717, 1.165) is 21.2 Å². The number of hydrogen-bond acceptors (Lipinski definition) is 4. The topological polar surface area (TPSA) is 87.7 Å². The summed E-state index contributed by atoms with van der Waals surface area (Å²) in [6.07, 6.45) is 4.93. The number of fused-ring (bicyclic) bond motifs is 1. The largest absolute Gasteiger partial charge is 0.444 e. The molecule has 3 amide bonds. The highest BCUT2D eigenvalue weighted by Gasteiger charge is 2.31. The van der Waals surface area contributed by atoms with Crippen LogP contribution in [0, 0.1) is 19.4 Å². The Morgan fingerprint density at radius 1 is 1.00 bits per heavy atom.